The van der Waals surface area contributed by atoms with Crippen molar-refractivity contribution in [3.05, 3.63) is 83.8 Å². The maximum Gasteiger partial charge on any atom is 0.422 e. The Morgan fingerprint density at radius 1 is 0.886 bits per heavy atom. The van der Waals surface area contributed by atoms with Crippen LogP contribution in [0.2, 0.25) is 0 Å². The van der Waals surface area contributed by atoms with Crippen molar-refractivity contribution in [3.63, 3.8) is 0 Å². The predicted octanol–water partition coefficient (Wildman–Crippen LogP) is 5.74. The number of amides is 1. The number of rotatable bonds is 9. The van der Waals surface area contributed by atoms with Crippen LogP contribution >= 0.6 is 0 Å². The monoisotopic (exact) mass is 621 g/mol. The van der Waals surface area contributed by atoms with Crippen LogP contribution < -0.4 is 20.3 Å². The maximum atomic E-state index is 13.1. The standard InChI is InChI=1S/C28H25F6N7O3/c29-27(30,31)17-44-26-38-24(37-25(39-26)36-20-6-2-5-19(15-20)28(32,33)34)35-16-18-4-1-7-21(14-18)40-9-11-41(12-10-40)23(42)22-8-3-13-43-22/h1-8,13-15H,9-12,16-17H2,(H2,35,36,37,38,39). The fraction of sp³-hybridized carbons (Fsp3) is 0.286. The summed E-state index contributed by atoms with van der Waals surface area (Å²) in [4.78, 5) is 28.1. The molecule has 3 heterocycles. The number of aromatic nitrogens is 3. The molecule has 2 aromatic heterocycles. The minimum absolute atomic E-state index is 0.0441. The van der Waals surface area contributed by atoms with Gasteiger partial charge in [-0.25, -0.2) is 0 Å². The second kappa shape index (κ2) is 12.7. The van der Waals surface area contributed by atoms with Gasteiger partial charge in [0.25, 0.3) is 5.91 Å². The third-order valence-electron chi connectivity index (χ3n) is 6.45. The van der Waals surface area contributed by atoms with Gasteiger partial charge < -0.3 is 29.6 Å². The smallest absolute Gasteiger partial charge is 0.422 e. The van der Waals surface area contributed by atoms with Gasteiger partial charge in [-0.05, 0) is 48.0 Å². The van der Waals surface area contributed by atoms with Crippen LogP contribution in [0.4, 0.5) is 49.6 Å². The van der Waals surface area contributed by atoms with Gasteiger partial charge in [0.2, 0.25) is 11.9 Å². The SMILES string of the molecule is O=C(c1ccco1)N1CCN(c2cccc(CNc3nc(Nc4cccc(C(F)(F)F)c4)nc(OCC(F)(F)F)n3)c2)CC1. The number of anilines is 4. The van der Waals surface area contributed by atoms with Gasteiger partial charge in [0.05, 0.1) is 11.8 Å². The van der Waals surface area contributed by atoms with E-state index in [0.29, 0.717) is 26.2 Å². The van der Waals surface area contributed by atoms with Crippen molar-refractivity contribution in [3.8, 4) is 6.01 Å². The number of hydrogen-bond donors (Lipinski definition) is 2. The third kappa shape index (κ3) is 8.08. The Hall–Kier alpha value is -5.02. The molecule has 0 aliphatic carbocycles. The van der Waals surface area contributed by atoms with E-state index < -0.39 is 30.5 Å². The molecule has 0 unspecified atom stereocenters. The Labute approximate surface area is 246 Å². The number of piperazine rings is 1. The fourth-order valence-corrected chi connectivity index (χ4v) is 4.37. The first-order valence-electron chi connectivity index (χ1n) is 13.2. The van der Waals surface area contributed by atoms with E-state index in [1.54, 1.807) is 17.0 Å². The summed E-state index contributed by atoms with van der Waals surface area (Å²) in [5.74, 6) is -0.382. The Morgan fingerprint density at radius 3 is 2.34 bits per heavy atom. The number of nitrogens with zero attached hydrogens (tertiary/aromatic N) is 5. The quantitative estimate of drug-likeness (QED) is 0.226. The number of hydrogen-bond acceptors (Lipinski definition) is 9. The van der Waals surface area contributed by atoms with Gasteiger partial charge in [-0.1, -0.05) is 18.2 Å². The van der Waals surface area contributed by atoms with Crippen molar-refractivity contribution in [1.29, 1.82) is 0 Å². The summed E-state index contributed by atoms with van der Waals surface area (Å²) in [6.07, 6.45) is -7.83. The van der Waals surface area contributed by atoms with Crippen molar-refractivity contribution in [2.75, 3.05) is 48.3 Å². The highest BCUT2D eigenvalue weighted by atomic mass is 19.4. The minimum Gasteiger partial charge on any atom is -0.459 e. The molecular formula is C28H25F6N7O3. The second-order valence-corrected chi connectivity index (χ2v) is 9.65. The lowest BCUT2D eigenvalue weighted by Crippen LogP contribution is -2.48. The molecule has 0 radical (unpaired) electrons. The number of carbonyl (C=O) groups excluding carboxylic acids is 1. The highest BCUT2D eigenvalue weighted by Crippen LogP contribution is 2.31. The topological polar surface area (TPSA) is 109 Å². The number of furan rings is 1. The molecule has 1 fully saturated rings. The van der Waals surface area contributed by atoms with Crippen molar-refractivity contribution in [2.45, 2.75) is 18.9 Å². The summed E-state index contributed by atoms with van der Waals surface area (Å²) in [7, 11) is 0. The lowest BCUT2D eigenvalue weighted by molar-refractivity contribution is -0.154. The number of halogens is 6. The number of ether oxygens (including phenoxy) is 1. The zero-order chi connectivity index (χ0) is 31.3. The first-order valence-corrected chi connectivity index (χ1v) is 13.2. The molecule has 1 aliphatic rings. The van der Waals surface area contributed by atoms with Gasteiger partial charge >= 0.3 is 18.4 Å². The summed E-state index contributed by atoms with van der Waals surface area (Å²) in [5, 5.41) is 5.46. The van der Waals surface area contributed by atoms with Crippen molar-refractivity contribution in [2.24, 2.45) is 0 Å². The summed E-state index contributed by atoms with van der Waals surface area (Å²) in [5.41, 5.74) is 0.694. The largest absolute Gasteiger partial charge is 0.459 e. The molecule has 2 aromatic carbocycles. The number of alkyl halides is 6. The first-order chi connectivity index (χ1) is 20.9. The molecular weight excluding hydrogens is 596 g/mol. The van der Waals surface area contributed by atoms with Crippen LogP contribution in [0.15, 0.2) is 71.3 Å². The summed E-state index contributed by atoms with van der Waals surface area (Å²) in [6, 6.07) is 14.2. The molecule has 0 atom stereocenters. The summed E-state index contributed by atoms with van der Waals surface area (Å²) >= 11 is 0. The van der Waals surface area contributed by atoms with Gasteiger partial charge in [-0.3, -0.25) is 4.79 Å². The third-order valence-corrected chi connectivity index (χ3v) is 6.45. The fourth-order valence-electron chi connectivity index (χ4n) is 4.37. The summed E-state index contributed by atoms with van der Waals surface area (Å²) in [6.45, 7) is 0.630. The molecule has 44 heavy (non-hydrogen) atoms. The Morgan fingerprint density at radius 2 is 1.64 bits per heavy atom. The summed E-state index contributed by atoms with van der Waals surface area (Å²) < 4.78 is 87.6. The zero-order valence-corrected chi connectivity index (χ0v) is 22.8. The van der Waals surface area contributed by atoms with E-state index in [9.17, 15) is 31.1 Å². The van der Waals surface area contributed by atoms with E-state index in [1.807, 2.05) is 24.3 Å². The van der Waals surface area contributed by atoms with Crippen molar-refractivity contribution in [1.82, 2.24) is 19.9 Å². The molecule has 1 saturated heterocycles. The molecule has 1 aliphatic heterocycles. The Bertz CT molecular complexity index is 1570. The van der Waals surface area contributed by atoms with E-state index in [1.165, 1.54) is 12.3 Å². The van der Waals surface area contributed by atoms with Gasteiger partial charge in [-0.2, -0.15) is 41.3 Å². The van der Waals surface area contributed by atoms with Crippen molar-refractivity contribution < 1.29 is 40.3 Å². The van der Waals surface area contributed by atoms with Crippen LogP contribution in [0.1, 0.15) is 21.7 Å². The average Bonchev–Trinajstić information content (AvgIpc) is 3.54. The maximum absolute atomic E-state index is 13.1. The normalized spacial score (nSPS) is 14.0. The van der Waals surface area contributed by atoms with Crippen LogP contribution in [-0.2, 0) is 12.7 Å². The lowest BCUT2D eigenvalue weighted by atomic mass is 10.1. The van der Waals surface area contributed by atoms with Gasteiger partial charge in [0, 0.05) is 44.1 Å². The molecule has 5 rings (SSSR count). The molecule has 0 saturated carbocycles. The highest BCUT2D eigenvalue weighted by Gasteiger charge is 2.31. The number of benzene rings is 2. The molecule has 4 aromatic rings. The highest BCUT2D eigenvalue weighted by molar-refractivity contribution is 5.91. The molecule has 2 N–H and O–H groups in total. The van der Waals surface area contributed by atoms with Crippen LogP contribution in [0.5, 0.6) is 6.01 Å². The zero-order valence-electron chi connectivity index (χ0n) is 22.8. The Balaban J connectivity index is 1.26. The number of nitrogens with one attached hydrogen (secondary N) is 2. The first kappa shape index (κ1) is 30.4. The van der Waals surface area contributed by atoms with Gasteiger partial charge in [-0.15, -0.1) is 0 Å². The van der Waals surface area contributed by atoms with E-state index >= 15 is 0 Å². The van der Waals surface area contributed by atoms with Gasteiger partial charge in [0.1, 0.15) is 0 Å². The van der Waals surface area contributed by atoms with E-state index in [4.69, 9.17) is 4.42 Å². The van der Waals surface area contributed by atoms with Crippen LogP contribution in [0.25, 0.3) is 0 Å². The van der Waals surface area contributed by atoms with Crippen molar-refractivity contribution >= 4 is 29.2 Å². The molecule has 232 valence electrons. The van der Waals surface area contributed by atoms with E-state index in [0.717, 1.165) is 29.4 Å². The average molecular weight is 622 g/mol. The minimum atomic E-state index is -4.67. The molecule has 1 amide bonds. The molecule has 0 spiro atoms. The van der Waals surface area contributed by atoms with Gasteiger partial charge in [0.15, 0.2) is 12.4 Å². The van der Waals surface area contributed by atoms with E-state index in [2.05, 4.69) is 35.2 Å². The molecule has 10 nitrogen and oxygen atoms in total. The van der Waals surface area contributed by atoms with E-state index in [-0.39, 0.29) is 35.8 Å². The molecule has 16 heteroatoms. The van der Waals surface area contributed by atoms with Crippen LogP contribution in [0.3, 0.4) is 0 Å². The predicted molar refractivity (Wildman–Crippen MR) is 147 cm³/mol. The van der Waals surface area contributed by atoms with Crippen LogP contribution in [-0.4, -0.2) is 64.7 Å². The Kier molecular flexibility index (Phi) is 8.78. The van der Waals surface area contributed by atoms with Crippen LogP contribution in [0, 0.1) is 0 Å². The molecule has 0 bridgehead atoms. The second-order valence-electron chi connectivity index (χ2n) is 9.65. The number of carbonyl (C=O) groups is 1. The lowest BCUT2D eigenvalue weighted by Gasteiger charge is -2.35.